The molecule has 1 atom stereocenters. The highest BCUT2D eigenvalue weighted by atomic mass is 16.6. The Morgan fingerprint density at radius 2 is 0.534 bits per heavy atom. The first-order valence-electron chi connectivity index (χ1n) is 30.4. The van der Waals surface area contributed by atoms with Gasteiger partial charge in [-0.2, -0.15) is 0 Å². The Labute approximate surface area is 450 Å². The molecule has 0 bridgehead atoms. The average molecular weight is 1010 g/mol. The van der Waals surface area contributed by atoms with Gasteiger partial charge in [0.25, 0.3) is 0 Å². The lowest BCUT2D eigenvalue weighted by molar-refractivity contribution is -0.167. The summed E-state index contributed by atoms with van der Waals surface area (Å²) in [6, 6.07) is 0. The quantitative estimate of drug-likeness (QED) is 0.0261. The standard InChI is InChI=1S/C67H112O6/c1-4-7-10-13-16-19-22-24-26-28-30-31-32-33-34-35-37-38-40-42-45-48-51-54-57-60-66(69)72-63-64(62-71-65(68)59-56-53-50-47-44-21-18-15-12-9-6-3)73-67(70)61-58-55-52-49-46-43-41-39-36-29-27-25-23-20-17-14-11-8-5-2/h7-8,10-11,16-17,19-20,24-27,30-31,33-34,36,39,64H,4-6,9,12-15,18,21-23,28-29,32,35,37-38,40-63H2,1-3H3/b10-7-,11-8-,19-16-,20-17-,26-24-,27-25-,31-30-,34-33-,39-36-. The SMILES string of the molecule is CC/C=C\C/C=C\C/C=C\C/C=C\C/C=C\CCCCCCCCCCCC(=O)OCC(COC(=O)CCCCCCCCCCCCC)OC(=O)CCCCCCCC/C=C\C/C=C\C/C=C\C/C=C\CC. The van der Waals surface area contributed by atoms with Gasteiger partial charge in [-0.1, -0.05) is 265 Å². The van der Waals surface area contributed by atoms with Crippen molar-refractivity contribution in [2.75, 3.05) is 13.2 Å². The van der Waals surface area contributed by atoms with Crippen LogP contribution in [0.2, 0.25) is 0 Å². The first-order valence-corrected chi connectivity index (χ1v) is 30.4. The molecule has 0 saturated carbocycles. The lowest BCUT2D eigenvalue weighted by atomic mass is 10.1. The van der Waals surface area contributed by atoms with Gasteiger partial charge in [0.05, 0.1) is 0 Å². The van der Waals surface area contributed by atoms with Crippen molar-refractivity contribution in [3.63, 3.8) is 0 Å². The van der Waals surface area contributed by atoms with E-state index in [1.807, 2.05) is 0 Å². The minimum Gasteiger partial charge on any atom is -0.462 e. The van der Waals surface area contributed by atoms with E-state index in [-0.39, 0.29) is 31.1 Å². The first-order chi connectivity index (χ1) is 36.0. The van der Waals surface area contributed by atoms with Gasteiger partial charge in [0.1, 0.15) is 13.2 Å². The van der Waals surface area contributed by atoms with E-state index in [0.717, 1.165) is 135 Å². The number of hydrogen-bond donors (Lipinski definition) is 0. The minimum atomic E-state index is -0.789. The van der Waals surface area contributed by atoms with Crippen molar-refractivity contribution >= 4 is 17.9 Å². The Balaban J connectivity index is 4.33. The molecule has 0 aliphatic rings. The summed E-state index contributed by atoms with van der Waals surface area (Å²) in [5, 5.41) is 0. The van der Waals surface area contributed by atoms with Crippen LogP contribution in [0.1, 0.15) is 278 Å². The number of carbonyl (C=O) groups excluding carboxylic acids is 3. The Morgan fingerprint density at radius 1 is 0.288 bits per heavy atom. The fourth-order valence-corrected chi connectivity index (χ4v) is 8.28. The number of esters is 3. The van der Waals surface area contributed by atoms with E-state index in [1.165, 1.54) is 103 Å². The largest absolute Gasteiger partial charge is 0.462 e. The van der Waals surface area contributed by atoms with Gasteiger partial charge in [0.15, 0.2) is 6.10 Å². The molecular weight excluding hydrogens is 901 g/mol. The normalized spacial score (nSPS) is 12.9. The van der Waals surface area contributed by atoms with Crippen LogP contribution in [0.5, 0.6) is 0 Å². The van der Waals surface area contributed by atoms with Crippen LogP contribution in [0, 0.1) is 0 Å². The molecule has 0 amide bonds. The van der Waals surface area contributed by atoms with Crippen LogP contribution in [0.25, 0.3) is 0 Å². The second-order valence-corrected chi connectivity index (χ2v) is 19.9. The van der Waals surface area contributed by atoms with Crippen LogP contribution in [-0.4, -0.2) is 37.2 Å². The van der Waals surface area contributed by atoms with Crippen molar-refractivity contribution in [3.8, 4) is 0 Å². The van der Waals surface area contributed by atoms with Crippen molar-refractivity contribution in [2.24, 2.45) is 0 Å². The zero-order valence-electron chi connectivity index (χ0n) is 47.6. The fraction of sp³-hybridized carbons (Fsp3) is 0.687. The Bertz CT molecular complexity index is 1490. The van der Waals surface area contributed by atoms with E-state index in [4.69, 9.17) is 14.2 Å². The van der Waals surface area contributed by atoms with Gasteiger partial charge >= 0.3 is 17.9 Å². The van der Waals surface area contributed by atoms with Crippen LogP contribution in [0.4, 0.5) is 0 Å². The van der Waals surface area contributed by atoms with Crippen molar-refractivity contribution < 1.29 is 28.6 Å². The van der Waals surface area contributed by atoms with Crippen LogP contribution in [-0.2, 0) is 28.6 Å². The third-order valence-electron chi connectivity index (χ3n) is 12.8. The third kappa shape index (κ3) is 58.8. The molecule has 0 spiro atoms. The Hall–Kier alpha value is -3.93. The van der Waals surface area contributed by atoms with Gasteiger partial charge in [0.2, 0.25) is 0 Å². The molecule has 0 heterocycles. The summed E-state index contributed by atoms with van der Waals surface area (Å²) >= 11 is 0. The van der Waals surface area contributed by atoms with Crippen molar-refractivity contribution in [3.05, 3.63) is 109 Å². The molecule has 416 valence electrons. The molecule has 0 fully saturated rings. The molecule has 0 saturated heterocycles. The van der Waals surface area contributed by atoms with Crippen molar-refractivity contribution in [2.45, 2.75) is 284 Å². The maximum atomic E-state index is 12.9. The molecule has 6 nitrogen and oxygen atoms in total. The zero-order chi connectivity index (χ0) is 52.9. The van der Waals surface area contributed by atoms with Crippen molar-refractivity contribution in [1.82, 2.24) is 0 Å². The predicted molar refractivity (Wildman–Crippen MR) is 316 cm³/mol. The number of rotatable bonds is 54. The molecule has 0 radical (unpaired) electrons. The highest BCUT2D eigenvalue weighted by Gasteiger charge is 2.19. The lowest BCUT2D eigenvalue weighted by Crippen LogP contribution is -2.30. The highest BCUT2D eigenvalue weighted by Crippen LogP contribution is 2.15. The second-order valence-electron chi connectivity index (χ2n) is 19.9. The summed E-state index contributed by atoms with van der Waals surface area (Å²) in [7, 11) is 0. The van der Waals surface area contributed by atoms with Crippen molar-refractivity contribution in [1.29, 1.82) is 0 Å². The smallest absolute Gasteiger partial charge is 0.306 e. The second kappa shape index (κ2) is 60.6. The molecular formula is C67H112O6. The predicted octanol–water partition coefficient (Wildman–Crippen LogP) is 20.7. The van der Waals surface area contributed by atoms with E-state index in [1.54, 1.807) is 0 Å². The molecule has 6 heteroatoms. The summed E-state index contributed by atoms with van der Waals surface area (Å²) in [5.41, 5.74) is 0. The van der Waals surface area contributed by atoms with E-state index in [0.29, 0.717) is 19.3 Å². The molecule has 73 heavy (non-hydrogen) atoms. The minimum absolute atomic E-state index is 0.0848. The van der Waals surface area contributed by atoms with Gasteiger partial charge in [-0.25, -0.2) is 0 Å². The monoisotopic (exact) mass is 1010 g/mol. The molecule has 0 aromatic rings. The molecule has 0 aliphatic carbocycles. The molecule has 1 unspecified atom stereocenters. The van der Waals surface area contributed by atoms with Crippen LogP contribution < -0.4 is 0 Å². The maximum absolute atomic E-state index is 12.9. The first kappa shape index (κ1) is 69.1. The number of allylic oxidation sites excluding steroid dienone is 18. The Morgan fingerprint density at radius 3 is 0.836 bits per heavy atom. The van der Waals surface area contributed by atoms with Crippen LogP contribution >= 0.6 is 0 Å². The van der Waals surface area contributed by atoms with Gasteiger partial charge in [-0.3, -0.25) is 14.4 Å². The van der Waals surface area contributed by atoms with Crippen LogP contribution in [0.15, 0.2) is 109 Å². The molecule has 0 aliphatic heterocycles. The number of unbranched alkanes of at least 4 members (excludes halogenated alkanes) is 25. The van der Waals surface area contributed by atoms with Gasteiger partial charge in [0, 0.05) is 19.3 Å². The van der Waals surface area contributed by atoms with Gasteiger partial charge in [-0.05, 0) is 103 Å². The molecule has 0 aromatic carbocycles. The Kier molecular flexibility index (Phi) is 57.4. The summed E-state index contributed by atoms with van der Waals surface area (Å²) in [4.78, 5) is 38.2. The molecule has 0 rings (SSSR count). The number of hydrogen-bond acceptors (Lipinski definition) is 6. The van der Waals surface area contributed by atoms with Gasteiger partial charge in [-0.15, -0.1) is 0 Å². The molecule has 0 N–H and O–H groups in total. The van der Waals surface area contributed by atoms with Crippen LogP contribution in [0.3, 0.4) is 0 Å². The number of ether oxygens (including phenoxy) is 3. The summed E-state index contributed by atoms with van der Waals surface area (Å²) in [5.74, 6) is -0.901. The average Bonchev–Trinajstić information content (AvgIpc) is 3.39. The van der Waals surface area contributed by atoms with E-state index >= 15 is 0 Å². The van der Waals surface area contributed by atoms with Gasteiger partial charge < -0.3 is 14.2 Å². The molecule has 0 aromatic heterocycles. The highest BCUT2D eigenvalue weighted by molar-refractivity contribution is 5.71. The zero-order valence-corrected chi connectivity index (χ0v) is 47.6. The summed E-state index contributed by atoms with van der Waals surface area (Å²) < 4.78 is 16.9. The van der Waals surface area contributed by atoms with E-state index in [9.17, 15) is 14.4 Å². The maximum Gasteiger partial charge on any atom is 0.306 e. The summed E-state index contributed by atoms with van der Waals surface area (Å²) in [6.45, 7) is 6.40. The van der Waals surface area contributed by atoms with E-state index < -0.39 is 6.10 Å². The third-order valence-corrected chi connectivity index (χ3v) is 12.8. The van der Waals surface area contributed by atoms with E-state index in [2.05, 4.69) is 130 Å². The lowest BCUT2D eigenvalue weighted by Gasteiger charge is -2.18. The topological polar surface area (TPSA) is 78.9 Å². The fourth-order valence-electron chi connectivity index (χ4n) is 8.28. The summed E-state index contributed by atoms with van der Waals surface area (Å²) in [6.07, 6.45) is 82.3. The number of carbonyl (C=O) groups is 3.